The Morgan fingerprint density at radius 1 is 1.21 bits per heavy atom. The van der Waals surface area contributed by atoms with Crippen LogP contribution in [0.2, 0.25) is 0 Å². The predicted molar refractivity (Wildman–Crippen MR) is 73.3 cm³/mol. The van der Waals surface area contributed by atoms with Crippen molar-refractivity contribution in [3.8, 4) is 11.5 Å². The fourth-order valence-electron chi connectivity index (χ4n) is 3.41. The second-order valence-electron chi connectivity index (χ2n) is 6.33. The molecule has 2 saturated carbocycles. The topological polar surface area (TPSA) is 41.5 Å². The summed E-state index contributed by atoms with van der Waals surface area (Å²) in [6, 6.07) is 5.76. The van der Waals surface area contributed by atoms with E-state index in [0.717, 1.165) is 30.0 Å². The van der Waals surface area contributed by atoms with Crippen molar-refractivity contribution in [1.29, 1.82) is 0 Å². The van der Waals surface area contributed by atoms with E-state index in [-0.39, 0.29) is 5.75 Å². The number of fused-ring (bicyclic) bond motifs is 1. The lowest BCUT2D eigenvalue weighted by molar-refractivity contribution is 0.289. The summed E-state index contributed by atoms with van der Waals surface area (Å²) < 4.78 is 5.65. The fourth-order valence-corrected chi connectivity index (χ4v) is 3.41. The van der Waals surface area contributed by atoms with E-state index in [0.29, 0.717) is 12.6 Å². The van der Waals surface area contributed by atoms with Crippen molar-refractivity contribution < 1.29 is 9.84 Å². The van der Waals surface area contributed by atoms with Gasteiger partial charge in [0.15, 0.2) is 0 Å². The lowest BCUT2D eigenvalue weighted by atomic mass is 9.97. The minimum Gasteiger partial charge on any atom is -0.508 e. The summed E-state index contributed by atoms with van der Waals surface area (Å²) >= 11 is 0. The van der Waals surface area contributed by atoms with Crippen LogP contribution in [0.3, 0.4) is 0 Å². The molecular formula is C16H21NO2. The Kier molecular flexibility index (Phi) is 2.69. The molecule has 3 aliphatic rings. The number of rotatable bonds is 5. The smallest absolute Gasteiger partial charge is 0.127 e. The molecule has 19 heavy (non-hydrogen) atoms. The van der Waals surface area contributed by atoms with E-state index in [1.54, 1.807) is 12.1 Å². The van der Waals surface area contributed by atoms with Gasteiger partial charge in [-0.25, -0.2) is 0 Å². The zero-order valence-electron chi connectivity index (χ0n) is 11.1. The normalized spacial score (nSPS) is 25.4. The van der Waals surface area contributed by atoms with E-state index in [1.165, 1.54) is 31.2 Å². The Morgan fingerprint density at radius 2 is 1.95 bits per heavy atom. The molecule has 4 rings (SSSR count). The Balaban J connectivity index is 1.41. The summed E-state index contributed by atoms with van der Waals surface area (Å²) in [6.07, 6.45) is 5.76. The highest BCUT2D eigenvalue weighted by molar-refractivity contribution is 5.44. The van der Waals surface area contributed by atoms with E-state index in [1.807, 2.05) is 6.07 Å². The maximum atomic E-state index is 9.46. The van der Waals surface area contributed by atoms with Gasteiger partial charge in [0.1, 0.15) is 18.1 Å². The third-order valence-corrected chi connectivity index (χ3v) is 4.83. The average Bonchev–Trinajstić information content (AvgIpc) is 3.29. The summed E-state index contributed by atoms with van der Waals surface area (Å²) in [4.78, 5) is 0. The highest BCUT2D eigenvalue weighted by Gasteiger charge is 2.41. The molecule has 0 aromatic heterocycles. The third-order valence-electron chi connectivity index (χ3n) is 4.83. The van der Waals surface area contributed by atoms with Crippen LogP contribution in [-0.2, 0) is 0 Å². The first-order valence-corrected chi connectivity index (χ1v) is 7.50. The molecule has 102 valence electrons. The molecule has 0 amide bonds. The number of hydrogen-bond donors (Lipinski definition) is 2. The lowest BCUT2D eigenvalue weighted by Crippen LogP contribution is -2.30. The average molecular weight is 259 g/mol. The van der Waals surface area contributed by atoms with E-state index < -0.39 is 0 Å². The number of aromatic hydroxyl groups is 1. The van der Waals surface area contributed by atoms with Gasteiger partial charge in [0.25, 0.3) is 0 Å². The van der Waals surface area contributed by atoms with Crippen molar-refractivity contribution in [2.75, 3.05) is 13.2 Å². The van der Waals surface area contributed by atoms with Crippen LogP contribution in [-0.4, -0.2) is 18.3 Å². The van der Waals surface area contributed by atoms with Crippen LogP contribution in [0.25, 0.3) is 0 Å². The van der Waals surface area contributed by atoms with Gasteiger partial charge < -0.3 is 15.2 Å². The Hall–Kier alpha value is -1.22. The molecule has 2 fully saturated rings. The van der Waals surface area contributed by atoms with Crippen LogP contribution in [0.5, 0.6) is 11.5 Å². The van der Waals surface area contributed by atoms with Crippen molar-refractivity contribution >= 4 is 0 Å². The largest absolute Gasteiger partial charge is 0.508 e. The van der Waals surface area contributed by atoms with Crippen LogP contribution in [0.1, 0.15) is 37.3 Å². The van der Waals surface area contributed by atoms with Crippen LogP contribution < -0.4 is 10.1 Å². The molecule has 0 bridgehead atoms. The van der Waals surface area contributed by atoms with Crippen molar-refractivity contribution in [3.05, 3.63) is 23.8 Å². The van der Waals surface area contributed by atoms with Gasteiger partial charge in [0, 0.05) is 11.6 Å². The molecule has 1 unspecified atom stereocenters. The van der Waals surface area contributed by atoms with Crippen LogP contribution in [0, 0.1) is 17.8 Å². The first kappa shape index (κ1) is 11.6. The molecule has 1 heterocycles. The molecule has 1 aromatic rings. The minimum atomic E-state index is 0.285. The number of nitrogens with one attached hydrogen (secondary N) is 1. The number of phenols is 1. The monoisotopic (exact) mass is 259 g/mol. The molecule has 1 aromatic carbocycles. The van der Waals surface area contributed by atoms with E-state index in [2.05, 4.69) is 5.32 Å². The first-order valence-electron chi connectivity index (χ1n) is 7.50. The molecule has 0 radical (unpaired) electrons. The van der Waals surface area contributed by atoms with Crippen LogP contribution >= 0.6 is 0 Å². The quantitative estimate of drug-likeness (QED) is 0.854. The summed E-state index contributed by atoms with van der Waals surface area (Å²) in [6.45, 7) is 1.82. The van der Waals surface area contributed by atoms with Gasteiger partial charge in [-0.05, 0) is 62.1 Å². The molecule has 1 atom stereocenters. The standard InChI is InChI=1S/C16H21NO2/c18-12-5-6-13-15(9-19-16(13)7-12)17-8-14(10-1-2-10)11-3-4-11/h5-7,10-11,14-15,17-18H,1-4,8-9H2. The maximum absolute atomic E-state index is 9.46. The van der Waals surface area contributed by atoms with Crippen molar-refractivity contribution in [2.24, 2.45) is 17.8 Å². The molecular weight excluding hydrogens is 238 g/mol. The van der Waals surface area contributed by atoms with Gasteiger partial charge in [0.2, 0.25) is 0 Å². The first-order chi connectivity index (χ1) is 9.31. The lowest BCUT2D eigenvalue weighted by Gasteiger charge is -2.19. The van der Waals surface area contributed by atoms with Crippen molar-refractivity contribution in [2.45, 2.75) is 31.7 Å². The maximum Gasteiger partial charge on any atom is 0.127 e. The second kappa shape index (κ2) is 4.41. The Morgan fingerprint density at radius 3 is 2.63 bits per heavy atom. The van der Waals surface area contributed by atoms with Gasteiger partial charge in [-0.3, -0.25) is 0 Å². The SMILES string of the molecule is Oc1ccc2c(c1)OCC2NCC(C1CC1)C1CC1. The van der Waals surface area contributed by atoms with Crippen LogP contribution in [0.15, 0.2) is 18.2 Å². The zero-order valence-corrected chi connectivity index (χ0v) is 11.1. The van der Waals surface area contributed by atoms with Gasteiger partial charge in [-0.2, -0.15) is 0 Å². The second-order valence-corrected chi connectivity index (χ2v) is 6.33. The molecule has 2 aliphatic carbocycles. The predicted octanol–water partition coefficient (Wildman–Crippen LogP) is 2.85. The number of benzene rings is 1. The number of phenolic OH excluding ortho intramolecular Hbond substituents is 1. The molecule has 3 nitrogen and oxygen atoms in total. The highest BCUT2D eigenvalue weighted by atomic mass is 16.5. The summed E-state index contributed by atoms with van der Waals surface area (Å²) in [5.41, 5.74) is 1.20. The molecule has 2 N–H and O–H groups in total. The van der Waals surface area contributed by atoms with Gasteiger partial charge in [-0.15, -0.1) is 0 Å². The minimum absolute atomic E-state index is 0.285. The molecule has 0 spiro atoms. The number of ether oxygens (including phenoxy) is 1. The summed E-state index contributed by atoms with van der Waals surface area (Å²) in [7, 11) is 0. The molecule has 0 saturated heterocycles. The number of hydrogen-bond acceptors (Lipinski definition) is 3. The molecule has 1 aliphatic heterocycles. The summed E-state index contributed by atoms with van der Waals surface area (Å²) in [5.74, 6) is 3.99. The molecule has 3 heteroatoms. The van der Waals surface area contributed by atoms with E-state index in [9.17, 15) is 5.11 Å². The fraction of sp³-hybridized carbons (Fsp3) is 0.625. The highest BCUT2D eigenvalue weighted by Crippen LogP contribution is 2.49. The van der Waals surface area contributed by atoms with Gasteiger partial charge in [-0.1, -0.05) is 0 Å². The van der Waals surface area contributed by atoms with Crippen molar-refractivity contribution in [3.63, 3.8) is 0 Å². The van der Waals surface area contributed by atoms with Gasteiger partial charge >= 0.3 is 0 Å². The zero-order chi connectivity index (χ0) is 12.8. The van der Waals surface area contributed by atoms with E-state index in [4.69, 9.17) is 4.74 Å². The van der Waals surface area contributed by atoms with Crippen molar-refractivity contribution in [1.82, 2.24) is 5.32 Å². The third kappa shape index (κ3) is 2.32. The van der Waals surface area contributed by atoms with E-state index >= 15 is 0 Å². The Labute approximate surface area is 114 Å². The van der Waals surface area contributed by atoms with Crippen LogP contribution in [0.4, 0.5) is 0 Å². The Bertz CT molecular complexity index is 468. The summed E-state index contributed by atoms with van der Waals surface area (Å²) in [5, 5.41) is 13.2. The van der Waals surface area contributed by atoms with Gasteiger partial charge in [0.05, 0.1) is 6.04 Å².